The van der Waals surface area contributed by atoms with Crippen LogP contribution in [-0.4, -0.2) is 42.8 Å². The summed E-state index contributed by atoms with van der Waals surface area (Å²) in [6.07, 6.45) is 8.97. The number of imidazole rings is 1. The second-order valence-electron chi connectivity index (χ2n) is 6.94. The second kappa shape index (κ2) is 8.62. The lowest BCUT2D eigenvalue weighted by atomic mass is 9.95. The normalized spacial score (nSPS) is 18.2. The summed E-state index contributed by atoms with van der Waals surface area (Å²) in [6, 6.07) is 9.98. The number of Topliss-reactive ketones (excluding diaryl/α,β-unsaturated/α-hetero) is 1. The van der Waals surface area contributed by atoms with E-state index in [0.717, 1.165) is 10.0 Å². The number of aryl methyl sites for hydroxylation is 1. The van der Waals surface area contributed by atoms with E-state index in [1.165, 1.54) is 17.3 Å². The van der Waals surface area contributed by atoms with Crippen LogP contribution < -0.4 is 0 Å². The first-order valence-corrected chi connectivity index (χ1v) is 10.3. The molecule has 0 radical (unpaired) electrons. The smallest absolute Gasteiger partial charge is 0.295 e. The third-order valence-electron chi connectivity index (χ3n) is 5.03. The Morgan fingerprint density at radius 2 is 1.87 bits per heavy atom. The average Bonchev–Trinajstić information content (AvgIpc) is 3.36. The summed E-state index contributed by atoms with van der Waals surface area (Å²) >= 11 is 3.45. The van der Waals surface area contributed by atoms with Crippen LogP contribution in [-0.2, 0) is 16.1 Å². The largest absolute Gasteiger partial charge is 0.507 e. The van der Waals surface area contributed by atoms with Crippen LogP contribution in [0, 0.1) is 0 Å². The van der Waals surface area contributed by atoms with Gasteiger partial charge in [0.05, 0.1) is 17.9 Å². The molecule has 0 saturated carbocycles. The topological polar surface area (TPSA) is 88.3 Å². The molecular weight excluding hydrogens is 448 g/mol. The number of nitrogens with zero attached hydrogens (tertiary/aromatic N) is 4. The first kappa shape index (κ1) is 20.0. The molecule has 3 aromatic rings. The molecular formula is C22H19BrN4O3. The summed E-state index contributed by atoms with van der Waals surface area (Å²) in [7, 11) is 0. The maximum Gasteiger partial charge on any atom is 0.295 e. The minimum absolute atomic E-state index is 0.0898. The number of hydrogen-bond donors (Lipinski definition) is 1. The van der Waals surface area contributed by atoms with Gasteiger partial charge in [-0.1, -0.05) is 28.1 Å². The Kier molecular flexibility index (Phi) is 5.76. The zero-order valence-corrected chi connectivity index (χ0v) is 17.6. The van der Waals surface area contributed by atoms with Gasteiger partial charge in [0.15, 0.2) is 0 Å². The number of aliphatic hydroxyl groups is 1. The standard InChI is InChI=1S/C22H19BrN4O3/c23-17-4-1-3-16(13-17)19-18(20(28)15-5-7-24-8-6-15)21(29)22(30)27(19)11-2-10-26-12-9-25-14-26/h1,3-9,12-14,19,28H,2,10-11H2/b20-18+. The monoisotopic (exact) mass is 466 g/mol. The first-order chi connectivity index (χ1) is 14.6. The van der Waals surface area contributed by atoms with Crippen molar-refractivity contribution >= 4 is 33.4 Å². The third-order valence-corrected chi connectivity index (χ3v) is 5.53. The highest BCUT2D eigenvalue weighted by Gasteiger charge is 2.45. The summed E-state index contributed by atoms with van der Waals surface area (Å²) in [6.45, 7) is 1.03. The zero-order chi connectivity index (χ0) is 21.1. The van der Waals surface area contributed by atoms with Gasteiger partial charge in [0.1, 0.15) is 5.76 Å². The molecule has 30 heavy (non-hydrogen) atoms. The van der Waals surface area contributed by atoms with E-state index in [9.17, 15) is 14.7 Å². The second-order valence-corrected chi connectivity index (χ2v) is 7.85. The lowest BCUT2D eigenvalue weighted by molar-refractivity contribution is -0.139. The number of halogens is 1. The number of pyridine rings is 1. The van der Waals surface area contributed by atoms with Gasteiger partial charge >= 0.3 is 0 Å². The van der Waals surface area contributed by atoms with E-state index in [-0.39, 0.29) is 11.3 Å². The number of benzene rings is 1. The molecule has 3 heterocycles. The highest BCUT2D eigenvalue weighted by molar-refractivity contribution is 9.10. The SMILES string of the molecule is O=C1C(=O)N(CCCn2ccnc2)C(c2cccc(Br)c2)/C1=C(\O)c1ccncc1. The molecule has 2 aromatic heterocycles. The van der Waals surface area contributed by atoms with E-state index in [2.05, 4.69) is 25.9 Å². The number of carbonyl (C=O) groups excluding carboxylic acids is 2. The van der Waals surface area contributed by atoms with E-state index in [1.54, 1.807) is 24.7 Å². The third kappa shape index (κ3) is 3.91. The molecule has 8 heteroatoms. The van der Waals surface area contributed by atoms with Crippen molar-refractivity contribution in [1.82, 2.24) is 19.4 Å². The predicted octanol–water partition coefficient (Wildman–Crippen LogP) is 3.55. The Morgan fingerprint density at radius 3 is 2.57 bits per heavy atom. The lowest BCUT2D eigenvalue weighted by Crippen LogP contribution is -2.31. The predicted molar refractivity (Wildman–Crippen MR) is 114 cm³/mol. The lowest BCUT2D eigenvalue weighted by Gasteiger charge is -2.25. The maximum absolute atomic E-state index is 12.9. The Balaban J connectivity index is 1.73. The summed E-state index contributed by atoms with van der Waals surface area (Å²) in [5.41, 5.74) is 1.29. The van der Waals surface area contributed by atoms with Crippen molar-refractivity contribution < 1.29 is 14.7 Å². The van der Waals surface area contributed by atoms with Crippen molar-refractivity contribution in [3.63, 3.8) is 0 Å². The fourth-order valence-corrected chi connectivity index (χ4v) is 4.06. The van der Waals surface area contributed by atoms with E-state index in [1.807, 2.05) is 35.0 Å². The average molecular weight is 467 g/mol. The van der Waals surface area contributed by atoms with Crippen LogP contribution in [0.1, 0.15) is 23.6 Å². The Hall–Kier alpha value is -3.26. The molecule has 0 aliphatic carbocycles. The number of aromatic nitrogens is 3. The van der Waals surface area contributed by atoms with E-state index >= 15 is 0 Å². The number of hydrogen-bond acceptors (Lipinski definition) is 5. The molecule has 4 rings (SSSR count). The van der Waals surface area contributed by atoms with Gasteiger partial charge in [0.25, 0.3) is 11.7 Å². The zero-order valence-electron chi connectivity index (χ0n) is 16.0. The minimum atomic E-state index is -0.683. The molecule has 1 N–H and O–H groups in total. The Morgan fingerprint density at radius 1 is 1.07 bits per heavy atom. The number of ketones is 1. The van der Waals surface area contributed by atoms with Crippen molar-refractivity contribution in [2.24, 2.45) is 0 Å². The number of aliphatic hydroxyl groups excluding tert-OH is 1. The Bertz CT molecular complexity index is 1100. The van der Waals surface area contributed by atoms with Gasteiger partial charge in [-0.2, -0.15) is 0 Å². The van der Waals surface area contributed by atoms with Gasteiger partial charge in [-0.3, -0.25) is 14.6 Å². The van der Waals surface area contributed by atoms with Gasteiger partial charge < -0.3 is 14.6 Å². The van der Waals surface area contributed by atoms with E-state index in [4.69, 9.17) is 0 Å². The summed E-state index contributed by atoms with van der Waals surface area (Å²) in [4.78, 5) is 35.3. The van der Waals surface area contributed by atoms with Crippen LogP contribution in [0.15, 0.2) is 77.6 Å². The van der Waals surface area contributed by atoms with Gasteiger partial charge in [-0.05, 0) is 36.2 Å². The molecule has 1 amide bonds. The molecule has 0 spiro atoms. The molecule has 1 fully saturated rings. The van der Waals surface area contributed by atoms with Crippen LogP contribution in [0.5, 0.6) is 0 Å². The molecule has 1 unspecified atom stereocenters. The molecule has 1 aliphatic rings. The molecule has 1 atom stereocenters. The van der Waals surface area contributed by atoms with Gasteiger partial charge in [0.2, 0.25) is 0 Å². The van der Waals surface area contributed by atoms with Gasteiger partial charge in [0, 0.05) is 47.9 Å². The molecule has 7 nitrogen and oxygen atoms in total. The molecule has 1 aromatic carbocycles. The molecule has 1 saturated heterocycles. The van der Waals surface area contributed by atoms with Crippen molar-refractivity contribution in [2.75, 3.05) is 6.54 Å². The molecule has 152 valence electrons. The van der Waals surface area contributed by atoms with Crippen molar-refractivity contribution in [1.29, 1.82) is 0 Å². The summed E-state index contributed by atoms with van der Waals surface area (Å²) in [5.74, 6) is -1.49. The van der Waals surface area contributed by atoms with Crippen LogP contribution in [0.2, 0.25) is 0 Å². The quantitative estimate of drug-likeness (QED) is 0.340. The highest BCUT2D eigenvalue weighted by atomic mass is 79.9. The van der Waals surface area contributed by atoms with Crippen LogP contribution in [0.4, 0.5) is 0 Å². The first-order valence-electron chi connectivity index (χ1n) is 9.46. The Labute approximate surface area is 181 Å². The number of amides is 1. The van der Waals surface area contributed by atoms with Crippen LogP contribution in [0.3, 0.4) is 0 Å². The fraction of sp³-hybridized carbons (Fsp3) is 0.182. The van der Waals surface area contributed by atoms with E-state index < -0.39 is 17.7 Å². The number of rotatable bonds is 6. The number of carbonyl (C=O) groups is 2. The van der Waals surface area contributed by atoms with Crippen LogP contribution in [0.25, 0.3) is 5.76 Å². The minimum Gasteiger partial charge on any atom is -0.507 e. The highest BCUT2D eigenvalue weighted by Crippen LogP contribution is 2.40. The molecule has 1 aliphatic heterocycles. The van der Waals surface area contributed by atoms with Crippen molar-refractivity contribution in [3.05, 3.63) is 88.7 Å². The van der Waals surface area contributed by atoms with Crippen LogP contribution >= 0.6 is 15.9 Å². The van der Waals surface area contributed by atoms with Gasteiger partial charge in [-0.15, -0.1) is 0 Å². The van der Waals surface area contributed by atoms with Gasteiger partial charge in [-0.25, -0.2) is 4.98 Å². The van der Waals surface area contributed by atoms with E-state index in [0.29, 0.717) is 25.1 Å². The molecule has 0 bridgehead atoms. The summed E-state index contributed by atoms with van der Waals surface area (Å²) < 4.78 is 2.75. The fourth-order valence-electron chi connectivity index (χ4n) is 3.64. The summed E-state index contributed by atoms with van der Waals surface area (Å²) in [5, 5.41) is 10.9. The number of likely N-dealkylation sites (tertiary alicyclic amines) is 1. The van der Waals surface area contributed by atoms with Crippen molar-refractivity contribution in [3.8, 4) is 0 Å². The maximum atomic E-state index is 12.9. The van der Waals surface area contributed by atoms with Crippen molar-refractivity contribution in [2.45, 2.75) is 19.0 Å².